The van der Waals surface area contributed by atoms with Crippen LogP contribution in [0.3, 0.4) is 0 Å². The van der Waals surface area contributed by atoms with E-state index in [1.165, 1.54) is 36.8 Å². The summed E-state index contributed by atoms with van der Waals surface area (Å²) in [4.78, 5) is 4.61. The van der Waals surface area contributed by atoms with Gasteiger partial charge in [0.15, 0.2) is 0 Å². The first-order valence-corrected chi connectivity index (χ1v) is 7.43. The SMILES string of the molecule is Cc1cc(C)c(CNC(C)C)c(OC2CCCC2)n1. The summed E-state index contributed by atoms with van der Waals surface area (Å²) in [6.45, 7) is 9.34. The van der Waals surface area contributed by atoms with Crippen LogP contribution >= 0.6 is 0 Å². The zero-order chi connectivity index (χ0) is 13.8. The van der Waals surface area contributed by atoms with Crippen molar-refractivity contribution in [2.24, 2.45) is 0 Å². The molecule has 1 aliphatic carbocycles. The fraction of sp³-hybridized carbons (Fsp3) is 0.688. The second-order valence-corrected chi connectivity index (χ2v) is 5.92. The maximum Gasteiger partial charge on any atom is 0.218 e. The van der Waals surface area contributed by atoms with E-state index in [-0.39, 0.29) is 0 Å². The Kier molecular flexibility index (Phi) is 4.81. The van der Waals surface area contributed by atoms with Crippen LogP contribution in [0.4, 0.5) is 0 Å². The average Bonchev–Trinajstić information content (AvgIpc) is 2.80. The fourth-order valence-corrected chi connectivity index (χ4v) is 2.61. The summed E-state index contributed by atoms with van der Waals surface area (Å²) < 4.78 is 6.15. The van der Waals surface area contributed by atoms with Crippen LogP contribution in [0, 0.1) is 13.8 Å². The van der Waals surface area contributed by atoms with Crippen molar-refractivity contribution < 1.29 is 4.74 Å². The first-order chi connectivity index (χ1) is 9.06. The molecule has 106 valence electrons. The summed E-state index contributed by atoms with van der Waals surface area (Å²) in [6, 6.07) is 2.61. The average molecular weight is 262 g/mol. The highest BCUT2D eigenvalue weighted by atomic mass is 16.5. The number of pyridine rings is 1. The Bertz CT molecular complexity index is 423. The molecule has 19 heavy (non-hydrogen) atoms. The third-order valence-electron chi connectivity index (χ3n) is 3.71. The van der Waals surface area contributed by atoms with E-state index in [4.69, 9.17) is 4.74 Å². The van der Waals surface area contributed by atoms with Crippen LogP contribution in [0.2, 0.25) is 0 Å². The van der Waals surface area contributed by atoms with Gasteiger partial charge in [0, 0.05) is 23.8 Å². The first kappa shape index (κ1) is 14.3. The summed E-state index contributed by atoms with van der Waals surface area (Å²) in [5.41, 5.74) is 3.53. The highest BCUT2D eigenvalue weighted by Crippen LogP contribution is 2.27. The number of hydrogen-bond acceptors (Lipinski definition) is 3. The van der Waals surface area contributed by atoms with Crippen molar-refractivity contribution in [1.82, 2.24) is 10.3 Å². The van der Waals surface area contributed by atoms with Gasteiger partial charge in [-0.2, -0.15) is 0 Å². The Hall–Kier alpha value is -1.09. The Morgan fingerprint density at radius 1 is 1.32 bits per heavy atom. The van der Waals surface area contributed by atoms with Crippen LogP contribution in [-0.2, 0) is 6.54 Å². The predicted octanol–water partition coefficient (Wildman–Crippen LogP) is 3.52. The van der Waals surface area contributed by atoms with E-state index >= 15 is 0 Å². The van der Waals surface area contributed by atoms with Crippen molar-refractivity contribution in [3.05, 3.63) is 22.9 Å². The largest absolute Gasteiger partial charge is 0.474 e. The van der Waals surface area contributed by atoms with Crippen LogP contribution in [0.25, 0.3) is 0 Å². The van der Waals surface area contributed by atoms with Gasteiger partial charge in [-0.05, 0) is 51.2 Å². The predicted molar refractivity (Wildman–Crippen MR) is 78.6 cm³/mol. The number of nitrogens with zero attached hydrogens (tertiary/aromatic N) is 1. The molecule has 1 fully saturated rings. The molecule has 3 nitrogen and oxygen atoms in total. The summed E-state index contributed by atoms with van der Waals surface area (Å²) in [5.74, 6) is 0.845. The Labute approximate surface area is 116 Å². The Balaban J connectivity index is 2.17. The van der Waals surface area contributed by atoms with E-state index in [9.17, 15) is 0 Å². The van der Waals surface area contributed by atoms with Gasteiger partial charge in [0.1, 0.15) is 6.10 Å². The molecule has 0 radical (unpaired) electrons. The van der Waals surface area contributed by atoms with Gasteiger partial charge >= 0.3 is 0 Å². The summed E-state index contributed by atoms with van der Waals surface area (Å²) >= 11 is 0. The highest BCUT2D eigenvalue weighted by Gasteiger charge is 2.19. The Morgan fingerprint density at radius 3 is 2.63 bits per heavy atom. The molecular formula is C16H26N2O. The molecule has 0 saturated heterocycles. The molecule has 0 spiro atoms. The van der Waals surface area contributed by atoms with Crippen molar-refractivity contribution in [3.63, 3.8) is 0 Å². The summed E-state index contributed by atoms with van der Waals surface area (Å²) in [6.07, 6.45) is 5.29. The van der Waals surface area contributed by atoms with Gasteiger partial charge in [0.2, 0.25) is 5.88 Å². The minimum atomic E-state index is 0.367. The minimum Gasteiger partial charge on any atom is -0.474 e. The van der Waals surface area contributed by atoms with Crippen molar-refractivity contribution >= 4 is 0 Å². The molecular weight excluding hydrogens is 236 g/mol. The van der Waals surface area contributed by atoms with Crippen LogP contribution in [0.1, 0.15) is 56.4 Å². The van der Waals surface area contributed by atoms with Crippen molar-refractivity contribution in [1.29, 1.82) is 0 Å². The normalized spacial score (nSPS) is 16.3. The number of hydrogen-bond donors (Lipinski definition) is 1. The molecule has 0 aliphatic heterocycles. The lowest BCUT2D eigenvalue weighted by Crippen LogP contribution is -2.24. The smallest absolute Gasteiger partial charge is 0.218 e. The lowest BCUT2D eigenvalue weighted by molar-refractivity contribution is 0.198. The molecule has 2 rings (SSSR count). The standard InChI is InChI=1S/C16H26N2O/c1-11(2)17-10-15-12(3)9-13(4)18-16(15)19-14-7-5-6-8-14/h9,11,14,17H,5-8,10H2,1-4H3. The third-order valence-corrected chi connectivity index (χ3v) is 3.71. The van der Waals surface area contributed by atoms with E-state index in [0.29, 0.717) is 12.1 Å². The number of nitrogens with one attached hydrogen (secondary N) is 1. The Morgan fingerprint density at radius 2 is 2.00 bits per heavy atom. The van der Waals surface area contributed by atoms with E-state index in [1.54, 1.807) is 0 Å². The second kappa shape index (κ2) is 6.38. The number of aromatic nitrogens is 1. The molecule has 0 atom stereocenters. The highest BCUT2D eigenvalue weighted by molar-refractivity contribution is 5.36. The number of ether oxygens (including phenoxy) is 1. The van der Waals surface area contributed by atoms with Crippen LogP contribution in [-0.4, -0.2) is 17.1 Å². The molecule has 0 aromatic carbocycles. The van der Waals surface area contributed by atoms with Crippen molar-refractivity contribution in [3.8, 4) is 5.88 Å². The van der Waals surface area contributed by atoms with Crippen LogP contribution in [0.15, 0.2) is 6.07 Å². The number of rotatable bonds is 5. The zero-order valence-electron chi connectivity index (χ0n) is 12.6. The molecule has 0 unspecified atom stereocenters. The van der Waals surface area contributed by atoms with Gasteiger partial charge in [0.25, 0.3) is 0 Å². The van der Waals surface area contributed by atoms with Gasteiger partial charge in [-0.3, -0.25) is 0 Å². The molecule has 1 aromatic rings. The van der Waals surface area contributed by atoms with E-state index < -0.39 is 0 Å². The lowest BCUT2D eigenvalue weighted by atomic mass is 10.1. The summed E-state index contributed by atoms with van der Waals surface area (Å²) in [5, 5.41) is 3.47. The minimum absolute atomic E-state index is 0.367. The lowest BCUT2D eigenvalue weighted by Gasteiger charge is -2.19. The molecule has 0 bridgehead atoms. The second-order valence-electron chi connectivity index (χ2n) is 5.92. The van der Waals surface area contributed by atoms with E-state index in [0.717, 1.165) is 18.1 Å². The van der Waals surface area contributed by atoms with Gasteiger partial charge in [0.05, 0.1) is 0 Å². The fourth-order valence-electron chi connectivity index (χ4n) is 2.61. The third kappa shape index (κ3) is 3.93. The molecule has 1 aliphatic rings. The van der Waals surface area contributed by atoms with E-state index in [2.05, 4.69) is 37.1 Å². The molecule has 1 saturated carbocycles. The van der Waals surface area contributed by atoms with Crippen LogP contribution in [0.5, 0.6) is 5.88 Å². The molecule has 1 heterocycles. The van der Waals surface area contributed by atoms with Gasteiger partial charge in [-0.1, -0.05) is 13.8 Å². The van der Waals surface area contributed by atoms with Crippen molar-refractivity contribution in [2.75, 3.05) is 0 Å². The first-order valence-electron chi connectivity index (χ1n) is 7.43. The maximum absolute atomic E-state index is 6.15. The molecule has 1 aromatic heterocycles. The maximum atomic E-state index is 6.15. The molecule has 3 heteroatoms. The van der Waals surface area contributed by atoms with Crippen LogP contribution < -0.4 is 10.1 Å². The quantitative estimate of drug-likeness (QED) is 0.881. The molecule has 1 N–H and O–H groups in total. The summed E-state index contributed by atoms with van der Waals surface area (Å²) in [7, 11) is 0. The molecule has 0 amide bonds. The van der Waals surface area contributed by atoms with Gasteiger partial charge in [-0.25, -0.2) is 4.98 Å². The topological polar surface area (TPSA) is 34.1 Å². The van der Waals surface area contributed by atoms with E-state index in [1.807, 2.05) is 6.92 Å². The number of aryl methyl sites for hydroxylation is 2. The van der Waals surface area contributed by atoms with Gasteiger partial charge < -0.3 is 10.1 Å². The monoisotopic (exact) mass is 262 g/mol. The zero-order valence-corrected chi connectivity index (χ0v) is 12.6. The van der Waals surface area contributed by atoms with Crippen molar-refractivity contribution in [2.45, 2.75) is 72.1 Å². The van der Waals surface area contributed by atoms with Gasteiger partial charge in [-0.15, -0.1) is 0 Å².